The molecule has 1 atom stereocenters. The molecule has 1 aromatic carbocycles. The zero-order chi connectivity index (χ0) is 11.7. The molecule has 16 heavy (non-hydrogen) atoms. The summed E-state index contributed by atoms with van der Waals surface area (Å²) in [5.41, 5.74) is 0.888. The summed E-state index contributed by atoms with van der Waals surface area (Å²) in [5, 5.41) is 0. The predicted octanol–water partition coefficient (Wildman–Crippen LogP) is 2.56. The van der Waals surface area contributed by atoms with Crippen molar-refractivity contribution in [3.8, 4) is 0 Å². The van der Waals surface area contributed by atoms with E-state index in [2.05, 4.69) is 4.74 Å². The molecule has 0 amide bonds. The molecular formula is C12H12F2O2. The Morgan fingerprint density at radius 3 is 2.88 bits per heavy atom. The molecule has 2 nitrogen and oxygen atoms in total. The Kier molecular flexibility index (Phi) is 2.90. The van der Waals surface area contributed by atoms with Crippen LogP contribution in [0.4, 0.5) is 8.78 Å². The van der Waals surface area contributed by atoms with E-state index in [1.807, 2.05) is 0 Å². The summed E-state index contributed by atoms with van der Waals surface area (Å²) in [5.74, 6) is -2.28. The molecule has 2 rings (SSSR count). The zero-order valence-corrected chi connectivity index (χ0v) is 8.93. The van der Waals surface area contributed by atoms with Crippen molar-refractivity contribution in [3.05, 3.63) is 34.9 Å². The fourth-order valence-electron chi connectivity index (χ4n) is 2.25. The summed E-state index contributed by atoms with van der Waals surface area (Å²) >= 11 is 0. The average Bonchev–Trinajstić information content (AvgIpc) is 2.26. The molecule has 1 unspecified atom stereocenters. The number of benzene rings is 1. The minimum absolute atomic E-state index is 0.305. The normalized spacial score (nSPS) is 19.1. The van der Waals surface area contributed by atoms with Crippen LogP contribution in [-0.4, -0.2) is 13.1 Å². The van der Waals surface area contributed by atoms with Crippen LogP contribution in [0.5, 0.6) is 0 Å². The van der Waals surface area contributed by atoms with Crippen LogP contribution in [0.1, 0.15) is 29.9 Å². The molecule has 0 heterocycles. The highest BCUT2D eigenvalue weighted by Crippen LogP contribution is 2.34. The van der Waals surface area contributed by atoms with Crippen LogP contribution in [0.25, 0.3) is 0 Å². The highest BCUT2D eigenvalue weighted by atomic mass is 19.1. The number of methoxy groups -OCH3 is 1. The molecule has 1 aromatic rings. The lowest BCUT2D eigenvalue weighted by atomic mass is 9.82. The van der Waals surface area contributed by atoms with Crippen LogP contribution in [0, 0.1) is 11.6 Å². The summed E-state index contributed by atoms with van der Waals surface area (Å²) in [6.45, 7) is 0. The molecule has 0 aliphatic heterocycles. The van der Waals surface area contributed by atoms with E-state index in [9.17, 15) is 13.6 Å². The SMILES string of the molecule is COC(=O)C1CCCc2cc(F)cc(F)c21. The smallest absolute Gasteiger partial charge is 0.313 e. The fourth-order valence-corrected chi connectivity index (χ4v) is 2.25. The third kappa shape index (κ3) is 1.79. The molecule has 1 aliphatic rings. The van der Waals surface area contributed by atoms with Crippen LogP contribution < -0.4 is 0 Å². The highest BCUT2D eigenvalue weighted by Gasteiger charge is 2.30. The first-order valence-corrected chi connectivity index (χ1v) is 5.19. The van der Waals surface area contributed by atoms with Gasteiger partial charge in [0.05, 0.1) is 13.0 Å². The first-order chi connectivity index (χ1) is 7.63. The Hall–Kier alpha value is -1.45. The van der Waals surface area contributed by atoms with Crippen molar-refractivity contribution in [1.29, 1.82) is 0 Å². The topological polar surface area (TPSA) is 26.3 Å². The number of carbonyl (C=O) groups excluding carboxylic acids is 1. The van der Waals surface area contributed by atoms with E-state index < -0.39 is 23.5 Å². The van der Waals surface area contributed by atoms with Gasteiger partial charge in [-0.05, 0) is 30.9 Å². The molecule has 0 spiro atoms. The predicted molar refractivity (Wildman–Crippen MR) is 54.1 cm³/mol. The number of ether oxygens (including phenoxy) is 1. The summed E-state index contributed by atoms with van der Waals surface area (Å²) in [4.78, 5) is 11.5. The summed E-state index contributed by atoms with van der Waals surface area (Å²) in [7, 11) is 1.28. The summed E-state index contributed by atoms with van der Waals surface area (Å²) in [6, 6.07) is 2.12. The number of fused-ring (bicyclic) bond motifs is 1. The fraction of sp³-hybridized carbons (Fsp3) is 0.417. The molecule has 0 N–H and O–H groups in total. The molecule has 0 saturated carbocycles. The molecular weight excluding hydrogens is 214 g/mol. The van der Waals surface area contributed by atoms with Gasteiger partial charge in [0.15, 0.2) is 0 Å². The molecule has 0 radical (unpaired) electrons. The van der Waals surface area contributed by atoms with Gasteiger partial charge in [0.25, 0.3) is 0 Å². The van der Waals surface area contributed by atoms with Crippen LogP contribution in [0.2, 0.25) is 0 Å². The van der Waals surface area contributed by atoms with Gasteiger partial charge in [0.2, 0.25) is 0 Å². The van der Waals surface area contributed by atoms with E-state index in [0.29, 0.717) is 24.0 Å². The van der Waals surface area contributed by atoms with Crippen molar-refractivity contribution >= 4 is 5.97 Å². The van der Waals surface area contributed by atoms with E-state index in [4.69, 9.17) is 0 Å². The Bertz CT molecular complexity index is 429. The van der Waals surface area contributed by atoms with E-state index in [1.165, 1.54) is 13.2 Å². The van der Waals surface area contributed by atoms with E-state index >= 15 is 0 Å². The number of hydrogen-bond donors (Lipinski definition) is 0. The number of rotatable bonds is 1. The van der Waals surface area contributed by atoms with Crippen LogP contribution in [-0.2, 0) is 16.0 Å². The van der Waals surface area contributed by atoms with Crippen LogP contribution in [0.15, 0.2) is 12.1 Å². The quantitative estimate of drug-likeness (QED) is 0.688. The van der Waals surface area contributed by atoms with E-state index in [0.717, 1.165) is 12.5 Å². The second-order valence-corrected chi connectivity index (χ2v) is 3.93. The molecule has 0 saturated heterocycles. The monoisotopic (exact) mass is 226 g/mol. The molecule has 0 fully saturated rings. The largest absolute Gasteiger partial charge is 0.469 e. The van der Waals surface area contributed by atoms with Gasteiger partial charge in [-0.15, -0.1) is 0 Å². The maximum absolute atomic E-state index is 13.6. The van der Waals surface area contributed by atoms with Crippen LogP contribution in [0.3, 0.4) is 0 Å². The van der Waals surface area contributed by atoms with Crippen molar-refractivity contribution < 1.29 is 18.3 Å². The Labute approximate surface area is 92.2 Å². The van der Waals surface area contributed by atoms with Gasteiger partial charge in [-0.3, -0.25) is 4.79 Å². The molecule has 86 valence electrons. The first-order valence-electron chi connectivity index (χ1n) is 5.19. The number of esters is 1. The number of hydrogen-bond acceptors (Lipinski definition) is 2. The maximum Gasteiger partial charge on any atom is 0.313 e. The van der Waals surface area contributed by atoms with Gasteiger partial charge in [-0.2, -0.15) is 0 Å². The lowest BCUT2D eigenvalue weighted by molar-refractivity contribution is -0.142. The summed E-state index contributed by atoms with van der Waals surface area (Å²) < 4.78 is 31.3. The lowest BCUT2D eigenvalue weighted by Gasteiger charge is -2.23. The second-order valence-electron chi connectivity index (χ2n) is 3.93. The van der Waals surface area contributed by atoms with Crippen LogP contribution >= 0.6 is 0 Å². The van der Waals surface area contributed by atoms with Gasteiger partial charge >= 0.3 is 5.97 Å². The Balaban J connectivity index is 2.49. The molecule has 0 bridgehead atoms. The number of halogens is 2. The van der Waals surface area contributed by atoms with Crippen molar-refractivity contribution in [3.63, 3.8) is 0 Å². The molecule has 1 aliphatic carbocycles. The molecule has 0 aromatic heterocycles. The van der Waals surface area contributed by atoms with E-state index in [-0.39, 0.29) is 0 Å². The number of aryl methyl sites for hydroxylation is 1. The summed E-state index contributed by atoms with van der Waals surface area (Å²) in [6.07, 6.45) is 1.91. The standard InChI is InChI=1S/C12H12F2O2/c1-16-12(15)9-4-2-3-7-5-8(13)6-10(14)11(7)9/h5-6,9H,2-4H2,1H3. The second kappa shape index (κ2) is 4.20. The Morgan fingerprint density at radius 1 is 1.44 bits per heavy atom. The average molecular weight is 226 g/mol. The van der Waals surface area contributed by atoms with Crippen molar-refractivity contribution in [1.82, 2.24) is 0 Å². The van der Waals surface area contributed by atoms with E-state index in [1.54, 1.807) is 0 Å². The van der Waals surface area contributed by atoms with Crippen molar-refractivity contribution in [2.75, 3.05) is 7.11 Å². The minimum atomic E-state index is -0.648. The van der Waals surface area contributed by atoms with Gasteiger partial charge in [-0.25, -0.2) is 8.78 Å². The van der Waals surface area contributed by atoms with Crippen molar-refractivity contribution in [2.24, 2.45) is 0 Å². The highest BCUT2D eigenvalue weighted by molar-refractivity contribution is 5.79. The van der Waals surface area contributed by atoms with Gasteiger partial charge in [-0.1, -0.05) is 0 Å². The van der Waals surface area contributed by atoms with Gasteiger partial charge in [0.1, 0.15) is 11.6 Å². The van der Waals surface area contributed by atoms with Gasteiger partial charge < -0.3 is 4.74 Å². The maximum atomic E-state index is 13.6. The van der Waals surface area contributed by atoms with Crippen molar-refractivity contribution in [2.45, 2.75) is 25.2 Å². The first kappa shape index (κ1) is 11.0. The van der Waals surface area contributed by atoms with Gasteiger partial charge in [0, 0.05) is 11.6 Å². The third-order valence-electron chi connectivity index (χ3n) is 2.95. The Morgan fingerprint density at radius 2 is 2.19 bits per heavy atom. The zero-order valence-electron chi connectivity index (χ0n) is 8.93. The number of carbonyl (C=O) groups is 1. The molecule has 4 heteroatoms. The minimum Gasteiger partial charge on any atom is -0.469 e. The lowest BCUT2D eigenvalue weighted by Crippen LogP contribution is -2.21. The third-order valence-corrected chi connectivity index (χ3v) is 2.95.